The van der Waals surface area contributed by atoms with Gasteiger partial charge in [0.15, 0.2) is 0 Å². The van der Waals surface area contributed by atoms with E-state index in [2.05, 4.69) is 17.3 Å². The number of likely N-dealkylation sites (N-methyl/N-ethyl adjacent to an activating group) is 1. The van der Waals surface area contributed by atoms with Gasteiger partial charge in [0.05, 0.1) is 0 Å². The molecule has 1 aromatic rings. The fraction of sp³-hybridized carbons (Fsp3) is 0.462. The van der Waals surface area contributed by atoms with Gasteiger partial charge >= 0.3 is 0 Å². The first-order chi connectivity index (χ1) is 8.58. The number of benzene rings is 1. The molecule has 98 valence electrons. The van der Waals surface area contributed by atoms with E-state index in [-0.39, 0.29) is 10.8 Å². The van der Waals surface area contributed by atoms with Crippen molar-refractivity contribution < 1.29 is 4.39 Å². The Kier molecular flexibility index (Phi) is 4.14. The second kappa shape index (κ2) is 5.63. The van der Waals surface area contributed by atoms with E-state index in [9.17, 15) is 4.39 Å². The predicted molar refractivity (Wildman–Crippen MR) is 76.4 cm³/mol. The average Bonchev–Trinajstić information content (AvgIpc) is 3.12. The number of rotatable bonds is 6. The standard InChI is InChI=1S/C13H18FN3S/c1-17(10-3-4-10)7-6-16-9-2-5-11(13(15)18)12(14)8-9/h2,5,8,10,16H,3-4,6-7H2,1H3,(H2,15,18). The summed E-state index contributed by atoms with van der Waals surface area (Å²) in [6.07, 6.45) is 2.60. The average molecular weight is 267 g/mol. The van der Waals surface area contributed by atoms with Crippen LogP contribution in [0.4, 0.5) is 10.1 Å². The van der Waals surface area contributed by atoms with Crippen LogP contribution in [0.2, 0.25) is 0 Å². The van der Waals surface area contributed by atoms with E-state index in [1.807, 2.05) is 0 Å². The van der Waals surface area contributed by atoms with Crippen molar-refractivity contribution in [2.45, 2.75) is 18.9 Å². The summed E-state index contributed by atoms with van der Waals surface area (Å²) in [5.74, 6) is -0.372. The SMILES string of the molecule is CN(CCNc1ccc(C(N)=S)c(F)c1)C1CC1. The Balaban J connectivity index is 1.85. The van der Waals surface area contributed by atoms with E-state index in [4.69, 9.17) is 18.0 Å². The van der Waals surface area contributed by atoms with Gasteiger partial charge in [-0.25, -0.2) is 4.39 Å². The normalized spacial score (nSPS) is 14.8. The van der Waals surface area contributed by atoms with Crippen LogP contribution in [0, 0.1) is 5.82 Å². The van der Waals surface area contributed by atoms with Gasteiger partial charge < -0.3 is 16.0 Å². The molecule has 0 amide bonds. The monoisotopic (exact) mass is 267 g/mol. The second-order valence-corrected chi connectivity index (χ2v) is 5.14. The van der Waals surface area contributed by atoms with Crippen LogP contribution < -0.4 is 11.1 Å². The highest BCUT2D eigenvalue weighted by molar-refractivity contribution is 7.80. The number of halogens is 1. The quantitative estimate of drug-likeness (QED) is 0.773. The zero-order valence-electron chi connectivity index (χ0n) is 10.4. The number of hydrogen-bond acceptors (Lipinski definition) is 3. The fourth-order valence-corrected chi connectivity index (χ4v) is 2.06. The van der Waals surface area contributed by atoms with E-state index in [1.54, 1.807) is 12.1 Å². The van der Waals surface area contributed by atoms with E-state index in [0.717, 1.165) is 24.8 Å². The minimum atomic E-state index is -0.372. The largest absolute Gasteiger partial charge is 0.389 e. The molecule has 3 nitrogen and oxygen atoms in total. The van der Waals surface area contributed by atoms with Gasteiger partial charge in [-0.3, -0.25) is 0 Å². The zero-order chi connectivity index (χ0) is 13.1. The number of hydrogen-bond donors (Lipinski definition) is 2. The topological polar surface area (TPSA) is 41.3 Å². The van der Waals surface area contributed by atoms with Gasteiger partial charge in [-0.1, -0.05) is 12.2 Å². The molecule has 1 aromatic carbocycles. The van der Waals surface area contributed by atoms with Crippen molar-refractivity contribution >= 4 is 22.9 Å². The molecule has 3 N–H and O–H groups in total. The predicted octanol–water partition coefficient (Wildman–Crippen LogP) is 1.97. The van der Waals surface area contributed by atoms with Gasteiger partial charge in [0, 0.05) is 30.4 Å². The first kappa shape index (κ1) is 13.2. The van der Waals surface area contributed by atoms with E-state index in [1.165, 1.54) is 18.9 Å². The fourth-order valence-electron chi connectivity index (χ4n) is 1.90. The van der Waals surface area contributed by atoms with Crippen LogP contribution in [0.5, 0.6) is 0 Å². The Morgan fingerprint density at radius 1 is 1.56 bits per heavy atom. The van der Waals surface area contributed by atoms with Gasteiger partial charge in [0.1, 0.15) is 10.8 Å². The molecule has 1 fully saturated rings. The number of nitrogens with two attached hydrogens (primary N) is 1. The van der Waals surface area contributed by atoms with Crippen molar-refractivity contribution in [3.8, 4) is 0 Å². The first-order valence-electron chi connectivity index (χ1n) is 6.11. The highest BCUT2D eigenvalue weighted by Gasteiger charge is 2.25. The summed E-state index contributed by atoms with van der Waals surface area (Å²) < 4.78 is 13.6. The summed E-state index contributed by atoms with van der Waals surface area (Å²) in [5, 5.41) is 3.20. The van der Waals surface area contributed by atoms with E-state index >= 15 is 0 Å². The van der Waals surface area contributed by atoms with Crippen molar-refractivity contribution in [2.24, 2.45) is 5.73 Å². The maximum Gasteiger partial charge on any atom is 0.135 e. The summed E-state index contributed by atoms with van der Waals surface area (Å²) in [5.41, 5.74) is 6.47. The lowest BCUT2D eigenvalue weighted by Gasteiger charge is -2.16. The molecule has 0 bridgehead atoms. The van der Waals surface area contributed by atoms with Gasteiger partial charge in [0.2, 0.25) is 0 Å². The molecule has 0 aromatic heterocycles. The van der Waals surface area contributed by atoms with Gasteiger partial charge in [0.25, 0.3) is 0 Å². The van der Waals surface area contributed by atoms with Crippen LogP contribution in [0.25, 0.3) is 0 Å². The lowest BCUT2D eigenvalue weighted by atomic mass is 10.2. The molecule has 0 saturated heterocycles. The highest BCUT2D eigenvalue weighted by atomic mass is 32.1. The molecule has 5 heteroatoms. The van der Waals surface area contributed by atoms with Crippen molar-refractivity contribution in [2.75, 3.05) is 25.5 Å². The zero-order valence-corrected chi connectivity index (χ0v) is 11.3. The molecule has 1 aliphatic rings. The third kappa shape index (κ3) is 3.40. The molecule has 0 atom stereocenters. The third-order valence-electron chi connectivity index (χ3n) is 3.20. The minimum absolute atomic E-state index is 0.0903. The van der Waals surface area contributed by atoms with Gasteiger partial charge in [-0.2, -0.15) is 0 Å². The van der Waals surface area contributed by atoms with Crippen molar-refractivity contribution in [3.63, 3.8) is 0 Å². The van der Waals surface area contributed by atoms with Crippen molar-refractivity contribution in [3.05, 3.63) is 29.6 Å². The lowest BCUT2D eigenvalue weighted by molar-refractivity contribution is 0.337. The maximum atomic E-state index is 13.6. The Morgan fingerprint density at radius 2 is 2.28 bits per heavy atom. The van der Waals surface area contributed by atoms with Crippen LogP contribution in [-0.4, -0.2) is 36.1 Å². The number of anilines is 1. The van der Waals surface area contributed by atoms with Crippen molar-refractivity contribution in [1.82, 2.24) is 4.90 Å². The number of nitrogens with one attached hydrogen (secondary N) is 1. The molecule has 2 rings (SSSR count). The lowest BCUT2D eigenvalue weighted by Crippen LogP contribution is -2.27. The summed E-state index contributed by atoms with van der Waals surface area (Å²) >= 11 is 4.76. The number of thiocarbonyl (C=S) groups is 1. The van der Waals surface area contributed by atoms with Crippen molar-refractivity contribution in [1.29, 1.82) is 0 Å². The Morgan fingerprint density at radius 3 is 2.83 bits per heavy atom. The summed E-state index contributed by atoms with van der Waals surface area (Å²) in [6.45, 7) is 1.77. The Bertz CT molecular complexity index is 446. The molecule has 0 aliphatic heterocycles. The van der Waals surface area contributed by atoms with Crippen LogP contribution in [0.15, 0.2) is 18.2 Å². The Hall–Kier alpha value is -1.20. The van der Waals surface area contributed by atoms with Gasteiger partial charge in [-0.15, -0.1) is 0 Å². The summed E-state index contributed by atoms with van der Waals surface area (Å²) in [7, 11) is 2.12. The van der Waals surface area contributed by atoms with Crippen LogP contribution >= 0.6 is 12.2 Å². The summed E-state index contributed by atoms with van der Waals surface area (Å²) in [4.78, 5) is 2.42. The molecule has 1 saturated carbocycles. The molecule has 1 aliphatic carbocycles. The van der Waals surface area contributed by atoms with E-state index < -0.39 is 0 Å². The second-order valence-electron chi connectivity index (χ2n) is 4.70. The molecule has 0 heterocycles. The first-order valence-corrected chi connectivity index (χ1v) is 6.52. The number of nitrogens with zero attached hydrogens (tertiary/aromatic N) is 1. The molecular formula is C13H18FN3S. The molecule has 18 heavy (non-hydrogen) atoms. The molecular weight excluding hydrogens is 249 g/mol. The molecule has 0 unspecified atom stereocenters. The van der Waals surface area contributed by atoms with Gasteiger partial charge in [-0.05, 0) is 38.1 Å². The van der Waals surface area contributed by atoms with Crippen LogP contribution in [-0.2, 0) is 0 Å². The minimum Gasteiger partial charge on any atom is -0.389 e. The van der Waals surface area contributed by atoms with E-state index in [0.29, 0.717) is 5.56 Å². The molecule has 0 radical (unpaired) electrons. The van der Waals surface area contributed by atoms with Crippen LogP contribution in [0.1, 0.15) is 18.4 Å². The van der Waals surface area contributed by atoms with Crippen LogP contribution in [0.3, 0.4) is 0 Å². The smallest absolute Gasteiger partial charge is 0.135 e. The summed E-state index contributed by atoms with van der Waals surface area (Å²) in [6, 6.07) is 5.60. The highest BCUT2D eigenvalue weighted by Crippen LogP contribution is 2.24. The maximum absolute atomic E-state index is 13.6. The third-order valence-corrected chi connectivity index (χ3v) is 3.42. The Labute approximate surface area is 112 Å². The molecule has 0 spiro atoms.